The van der Waals surface area contributed by atoms with Gasteiger partial charge in [-0.25, -0.2) is 0 Å². The Morgan fingerprint density at radius 1 is 1.38 bits per heavy atom. The number of halogens is 1. The molecule has 13 heavy (non-hydrogen) atoms. The van der Waals surface area contributed by atoms with Gasteiger partial charge >= 0.3 is 89.4 Å². The molecule has 1 amide bonds. The summed E-state index contributed by atoms with van der Waals surface area (Å²) in [6.07, 6.45) is 0. The van der Waals surface area contributed by atoms with Crippen LogP contribution in [0.25, 0.3) is 0 Å². The molecule has 7 heteroatoms. The number of carbonyl (C=O) groups excluding carboxylic acids is 1. The average Bonchev–Trinajstić information content (AvgIpc) is 1.82. The van der Waals surface area contributed by atoms with E-state index in [0.717, 1.165) is 4.31 Å². The van der Waals surface area contributed by atoms with E-state index in [9.17, 15) is 13.2 Å². The fraction of sp³-hybridized carbons (Fsp3) is 0.833. The SMILES string of the molecule is CC(C)[I-]C(=O)NS(=O)(=O)N(C)C. The van der Waals surface area contributed by atoms with E-state index in [1.54, 1.807) is 0 Å². The summed E-state index contributed by atoms with van der Waals surface area (Å²) in [5, 5.41) is 0. The summed E-state index contributed by atoms with van der Waals surface area (Å²) in [6, 6.07) is 0. The van der Waals surface area contributed by atoms with Crippen molar-refractivity contribution in [3.63, 3.8) is 0 Å². The molecular formula is C6H14IN2O3S-. The zero-order chi connectivity index (χ0) is 10.6. The minimum atomic E-state index is -3.58. The molecule has 0 aliphatic heterocycles. The Morgan fingerprint density at radius 3 is 2.15 bits per heavy atom. The zero-order valence-electron chi connectivity index (χ0n) is 8.04. The third-order valence-electron chi connectivity index (χ3n) is 1.01. The van der Waals surface area contributed by atoms with Gasteiger partial charge in [0, 0.05) is 0 Å². The second-order valence-corrected chi connectivity index (χ2v) is 8.76. The van der Waals surface area contributed by atoms with Crippen LogP contribution >= 0.6 is 0 Å². The van der Waals surface area contributed by atoms with Crippen LogP contribution in [-0.4, -0.2) is 34.7 Å². The normalized spacial score (nSPS) is 12.5. The van der Waals surface area contributed by atoms with Crippen molar-refractivity contribution in [3.05, 3.63) is 0 Å². The first-order valence-electron chi connectivity index (χ1n) is 3.63. The summed E-state index contributed by atoms with van der Waals surface area (Å²) >= 11 is -0.745. The van der Waals surface area contributed by atoms with Gasteiger partial charge in [0.2, 0.25) is 0 Å². The Bertz CT molecular complexity index is 274. The van der Waals surface area contributed by atoms with Gasteiger partial charge in [-0.3, -0.25) is 0 Å². The summed E-state index contributed by atoms with van der Waals surface area (Å²) in [6.45, 7) is 3.80. The number of nitrogens with zero attached hydrogens (tertiary/aromatic N) is 1. The Balaban J connectivity index is 4.22. The molecule has 0 fully saturated rings. The van der Waals surface area contributed by atoms with Gasteiger partial charge in [0.1, 0.15) is 0 Å². The van der Waals surface area contributed by atoms with Crippen LogP contribution in [0.2, 0.25) is 0 Å². The van der Waals surface area contributed by atoms with Crippen molar-refractivity contribution in [3.8, 4) is 0 Å². The predicted molar refractivity (Wildman–Crippen MR) is 46.3 cm³/mol. The molecule has 0 heterocycles. The molecule has 0 unspecified atom stereocenters. The molecule has 0 saturated carbocycles. The van der Waals surface area contributed by atoms with E-state index < -0.39 is 31.4 Å². The third-order valence-corrected chi connectivity index (χ3v) is 4.86. The van der Waals surface area contributed by atoms with Crippen molar-refractivity contribution >= 4 is 14.1 Å². The fourth-order valence-electron chi connectivity index (χ4n) is 0.413. The minimum absolute atomic E-state index is 0.260. The molecule has 0 radical (unpaired) electrons. The van der Waals surface area contributed by atoms with Gasteiger partial charge in [-0.05, 0) is 0 Å². The topological polar surface area (TPSA) is 66.5 Å². The Morgan fingerprint density at radius 2 is 1.85 bits per heavy atom. The van der Waals surface area contributed by atoms with Crippen LogP contribution in [0.5, 0.6) is 0 Å². The van der Waals surface area contributed by atoms with Crippen molar-refractivity contribution in [2.45, 2.75) is 17.8 Å². The molecule has 80 valence electrons. The first-order chi connectivity index (χ1) is 5.75. The fourth-order valence-corrected chi connectivity index (χ4v) is 3.19. The Hall–Kier alpha value is 0.110. The summed E-state index contributed by atoms with van der Waals surface area (Å²) in [5.41, 5.74) is 0. The Kier molecular flexibility index (Phi) is 5.15. The van der Waals surface area contributed by atoms with Gasteiger partial charge in [0.05, 0.1) is 0 Å². The van der Waals surface area contributed by atoms with Crippen LogP contribution in [0.3, 0.4) is 0 Å². The zero-order valence-corrected chi connectivity index (χ0v) is 11.0. The first kappa shape index (κ1) is 13.1. The molecule has 1 N–H and O–H groups in total. The number of nitrogens with one attached hydrogen (secondary N) is 1. The van der Waals surface area contributed by atoms with Crippen molar-refractivity contribution in [2.75, 3.05) is 14.1 Å². The predicted octanol–water partition coefficient (Wildman–Crippen LogP) is -3.00. The van der Waals surface area contributed by atoms with Crippen molar-refractivity contribution in [1.29, 1.82) is 0 Å². The number of hydrogen-bond acceptors (Lipinski definition) is 3. The molecule has 5 nitrogen and oxygen atoms in total. The van der Waals surface area contributed by atoms with E-state index in [4.69, 9.17) is 0 Å². The number of rotatable bonds is 4. The molecule has 0 saturated heterocycles. The molecule has 0 spiro atoms. The second-order valence-electron chi connectivity index (χ2n) is 2.79. The van der Waals surface area contributed by atoms with Gasteiger partial charge < -0.3 is 0 Å². The molecule has 0 aromatic heterocycles. The maximum absolute atomic E-state index is 11.1. The van der Waals surface area contributed by atoms with Crippen LogP contribution in [0.15, 0.2) is 0 Å². The average molecular weight is 321 g/mol. The molecule has 0 aliphatic carbocycles. The number of alkyl halides is 1. The monoisotopic (exact) mass is 321 g/mol. The molecule has 0 aromatic rings. The molecular weight excluding hydrogens is 307 g/mol. The molecule has 0 bridgehead atoms. The standard InChI is InChI=1S/C6H14IN2O3S/c1-5(2)7-6(10)8-13(11,12)9(3)4/h5H,1-4H3,(H,8,10)/q-1. The van der Waals surface area contributed by atoms with Crippen LogP contribution in [-0.2, 0) is 10.2 Å². The van der Waals surface area contributed by atoms with Crippen molar-refractivity contribution < 1.29 is 34.4 Å². The summed E-state index contributed by atoms with van der Waals surface area (Å²) in [7, 11) is -0.825. The van der Waals surface area contributed by atoms with Crippen LogP contribution in [0.4, 0.5) is 4.79 Å². The van der Waals surface area contributed by atoms with Crippen LogP contribution in [0.1, 0.15) is 13.8 Å². The molecule has 0 aliphatic rings. The van der Waals surface area contributed by atoms with Gasteiger partial charge in [0.15, 0.2) is 0 Å². The molecule has 0 aromatic carbocycles. The van der Waals surface area contributed by atoms with Crippen LogP contribution in [0, 0.1) is 0 Å². The van der Waals surface area contributed by atoms with Crippen molar-refractivity contribution in [1.82, 2.24) is 9.03 Å². The third kappa shape index (κ3) is 5.42. The number of hydrogen-bond donors (Lipinski definition) is 1. The quantitative estimate of drug-likeness (QED) is 0.260. The summed E-state index contributed by atoms with van der Waals surface area (Å²) in [4.78, 5) is 11.1. The number of carbonyl (C=O) groups is 1. The van der Waals surface area contributed by atoms with Gasteiger partial charge in [-0.1, -0.05) is 0 Å². The van der Waals surface area contributed by atoms with E-state index >= 15 is 0 Å². The molecule has 0 atom stereocenters. The van der Waals surface area contributed by atoms with Gasteiger partial charge in [-0.15, -0.1) is 0 Å². The summed E-state index contributed by atoms with van der Waals surface area (Å²) < 4.78 is 25.1. The number of amides is 1. The Labute approximate surface area is 89.3 Å². The van der Waals surface area contributed by atoms with E-state index in [1.165, 1.54) is 14.1 Å². The second kappa shape index (κ2) is 5.11. The van der Waals surface area contributed by atoms with E-state index in [-0.39, 0.29) is 7.84 Å². The van der Waals surface area contributed by atoms with Gasteiger partial charge in [0.25, 0.3) is 0 Å². The first-order valence-corrected chi connectivity index (χ1v) is 7.39. The van der Waals surface area contributed by atoms with E-state index in [0.29, 0.717) is 0 Å². The summed E-state index contributed by atoms with van der Waals surface area (Å²) in [5.74, 6) is 0. The molecule has 0 rings (SSSR count). The van der Waals surface area contributed by atoms with Crippen molar-refractivity contribution in [2.24, 2.45) is 0 Å². The maximum atomic E-state index is 11.1. The van der Waals surface area contributed by atoms with Gasteiger partial charge in [-0.2, -0.15) is 0 Å². The van der Waals surface area contributed by atoms with E-state index in [1.807, 2.05) is 18.6 Å². The van der Waals surface area contributed by atoms with Crippen LogP contribution < -0.4 is 25.9 Å². The van der Waals surface area contributed by atoms with E-state index in [2.05, 4.69) is 0 Å².